The van der Waals surface area contributed by atoms with Gasteiger partial charge in [0.1, 0.15) is 5.75 Å². The van der Waals surface area contributed by atoms with Crippen molar-refractivity contribution in [2.75, 3.05) is 17.7 Å². The molecule has 2 bridgehead atoms. The number of rotatable bonds is 4. The van der Waals surface area contributed by atoms with Crippen molar-refractivity contribution in [2.45, 2.75) is 31.2 Å². The number of hydrogen-bond acceptors (Lipinski definition) is 3. The Kier molecular flexibility index (Phi) is 4.67. The van der Waals surface area contributed by atoms with Crippen molar-refractivity contribution in [1.29, 1.82) is 0 Å². The number of methoxy groups -OCH3 is 1. The van der Waals surface area contributed by atoms with Crippen LogP contribution in [0.25, 0.3) is 0 Å². The van der Waals surface area contributed by atoms with E-state index in [0.717, 1.165) is 11.8 Å². The first-order valence-corrected chi connectivity index (χ1v) is 11.6. The first-order chi connectivity index (χ1) is 15.7. The predicted octanol–water partition coefficient (Wildman–Crippen LogP) is 6.24. The fraction of sp³-hybridized carbons (Fsp3) is 0.321. The van der Waals surface area contributed by atoms with Crippen LogP contribution in [-0.4, -0.2) is 13.0 Å². The minimum absolute atomic E-state index is 0.0952. The molecule has 0 spiro atoms. The van der Waals surface area contributed by atoms with Crippen LogP contribution in [0.2, 0.25) is 0 Å². The van der Waals surface area contributed by atoms with Gasteiger partial charge < -0.3 is 15.4 Å². The molecule has 3 aromatic carbocycles. The van der Waals surface area contributed by atoms with Gasteiger partial charge in [0.15, 0.2) is 0 Å². The summed E-state index contributed by atoms with van der Waals surface area (Å²) in [5, 5.41) is 6.88. The molecule has 2 N–H and O–H groups in total. The lowest BCUT2D eigenvalue weighted by atomic mass is 9.68. The summed E-state index contributed by atoms with van der Waals surface area (Å²) < 4.78 is 5.39. The van der Waals surface area contributed by atoms with Crippen molar-refractivity contribution in [3.63, 3.8) is 0 Å². The third-order valence-corrected chi connectivity index (χ3v) is 7.86. The summed E-state index contributed by atoms with van der Waals surface area (Å²) in [6.07, 6.45) is 3.96. The van der Waals surface area contributed by atoms with Gasteiger partial charge in [0.25, 0.3) is 5.91 Å². The summed E-state index contributed by atoms with van der Waals surface area (Å²) in [7, 11) is 1.62. The zero-order valence-corrected chi connectivity index (χ0v) is 18.3. The SMILES string of the molecule is COc1ccccc1NC(=O)c1ccc2c(c1)[C@@H]1[C@H]3CC[C@@H](C3)[C@@H]1[C@H](c1ccccc1)N2. The normalized spacial score (nSPS) is 27.2. The molecule has 0 aromatic heterocycles. The molecule has 1 aliphatic heterocycles. The number of fused-ring (bicyclic) bond motifs is 7. The van der Waals surface area contributed by atoms with Gasteiger partial charge in [-0.15, -0.1) is 0 Å². The first-order valence-electron chi connectivity index (χ1n) is 11.6. The van der Waals surface area contributed by atoms with Crippen molar-refractivity contribution in [2.24, 2.45) is 17.8 Å². The Balaban J connectivity index is 1.35. The third-order valence-electron chi connectivity index (χ3n) is 7.86. The highest BCUT2D eigenvalue weighted by molar-refractivity contribution is 6.05. The Labute approximate surface area is 189 Å². The molecule has 162 valence electrons. The zero-order chi connectivity index (χ0) is 21.7. The van der Waals surface area contributed by atoms with E-state index in [-0.39, 0.29) is 5.91 Å². The Morgan fingerprint density at radius 2 is 1.75 bits per heavy atom. The van der Waals surface area contributed by atoms with Crippen molar-refractivity contribution in [3.05, 3.63) is 89.5 Å². The summed E-state index contributed by atoms with van der Waals surface area (Å²) >= 11 is 0. The topological polar surface area (TPSA) is 50.4 Å². The largest absolute Gasteiger partial charge is 0.495 e. The number of para-hydroxylation sites is 2. The van der Waals surface area contributed by atoms with E-state index in [1.807, 2.05) is 30.3 Å². The number of amides is 1. The zero-order valence-electron chi connectivity index (χ0n) is 18.3. The number of benzene rings is 3. The number of carbonyl (C=O) groups excluding carboxylic acids is 1. The van der Waals surface area contributed by atoms with Gasteiger partial charge in [-0.05, 0) is 84.4 Å². The van der Waals surface area contributed by atoms with E-state index in [1.165, 1.54) is 36.1 Å². The van der Waals surface area contributed by atoms with Crippen LogP contribution in [0, 0.1) is 17.8 Å². The molecule has 0 saturated heterocycles. The second-order valence-corrected chi connectivity index (χ2v) is 9.43. The molecule has 3 aromatic rings. The number of hydrogen-bond donors (Lipinski definition) is 2. The van der Waals surface area contributed by atoms with E-state index in [9.17, 15) is 4.79 Å². The number of anilines is 2. The van der Waals surface area contributed by atoms with Crippen LogP contribution < -0.4 is 15.4 Å². The van der Waals surface area contributed by atoms with Gasteiger partial charge in [0.05, 0.1) is 18.8 Å². The summed E-state index contributed by atoms with van der Waals surface area (Å²) in [6.45, 7) is 0. The summed E-state index contributed by atoms with van der Waals surface area (Å²) in [5.41, 5.74) is 5.27. The standard InChI is InChI=1S/C28H28N2O2/c1-32-24-10-6-5-9-23(24)30-28(31)20-13-14-22-21(16-20)25-18-11-12-19(15-18)26(25)27(29-22)17-7-3-2-4-8-17/h2-10,13-14,16,18-19,25-27,29H,11-12,15H2,1H3,(H,30,31)/t18-,19-,25-,26-,27-/m0/s1. The Hall–Kier alpha value is -3.27. The minimum Gasteiger partial charge on any atom is -0.495 e. The lowest BCUT2D eigenvalue weighted by Gasteiger charge is -2.43. The highest BCUT2D eigenvalue weighted by Crippen LogP contribution is 2.63. The first kappa shape index (κ1) is 19.4. The molecular formula is C28H28N2O2. The van der Waals surface area contributed by atoms with Crippen molar-refractivity contribution < 1.29 is 9.53 Å². The van der Waals surface area contributed by atoms with Crippen LogP contribution in [0.3, 0.4) is 0 Å². The van der Waals surface area contributed by atoms with Gasteiger partial charge in [-0.2, -0.15) is 0 Å². The molecule has 6 rings (SSSR count). The molecule has 0 radical (unpaired) electrons. The molecule has 32 heavy (non-hydrogen) atoms. The van der Waals surface area contributed by atoms with Gasteiger partial charge in [0.2, 0.25) is 0 Å². The molecule has 2 fully saturated rings. The Bertz CT molecular complexity index is 1160. The highest BCUT2D eigenvalue weighted by Gasteiger charge is 2.53. The number of ether oxygens (including phenoxy) is 1. The highest BCUT2D eigenvalue weighted by atomic mass is 16.5. The Morgan fingerprint density at radius 1 is 0.969 bits per heavy atom. The van der Waals surface area contributed by atoms with E-state index >= 15 is 0 Å². The average molecular weight is 425 g/mol. The lowest BCUT2D eigenvalue weighted by Crippen LogP contribution is -2.35. The number of carbonyl (C=O) groups is 1. The molecule has 4 nitrogen and oxygen atoms in total. The Morgan fingerprint density at radius 3 is 2.59 bits per heavy atom. The summed E-state index contributed by atoms with van der Waals surface area (Å²) in [4.78, 5) is 13.1. The molecule has 2 aliphatic carbocycles. The third kappa shape index (κ3) is 3.09. The van der Waals surface area contributed by atoms with Crippen LogP contribution in [0.4, 0.5) is 11.4 Å². The quantitative estimate of drug-likeness (QED) is 0.521. The molecule has 4 heteroatoms. The molecule has 3 aliphatic rings. The summed E-state index contributed by atoms with van der Waals surface area (Å²) in [5.74, 6) is 3.18. The molecule has 5 atom stereocenters. The molecule has 1 heterocycles. The predicted molar refractivity (Wildman–Crippen MR) is 127 cm³/mol. The van der Waals surface area contributed by atoms with Gasteiger partial charge >= 0.3 is 0 Å². The minimum atomic E-state index is -0.0952. The van der Waals surface area contributed by atoms with Gasteiger partial charge in [-0.1, -0.05) is 42.5 Å². The van der Waals surface area contributed by atoms with Crippen LogP contribution in [-0.2, 0) is 0 Å². The van der Waals surface area contributed by atoms with Crippen LogP contribution in [0.15, 0.2) is 72.8 Å². The van der Waals surface area contributed by atoms with E-state index in [1.54, 1.807) is 7.11 Å². The van der Waals surface area contributed by atoms with Gasteiger partial charge in [-0.25, -0.2) is 0 Å². The van der Waals surface area contributed by atoms with Crippen molar-refractivity contribution in [1.82, 2.24) is 0 Å². The van der Waals surface area contributed by atoms with E-state index < -0.39 is 0 Å². The second-order valence-electron chi connectivity index (χ2n) is 9.43. The van der Waals surface area contributed by atoms with Crippen LogP contribution >= 0.6 is 0 Å². The summed E-state index contributed by atoms with van der Waals surface area (Å²) in [6, 6.07) is 24.9. The molecular weight excluding hydrogens is 396 g/mol. The van der Waals surface area contributed by atoms with Gasteiger partial charge in [-0.3, -0.25) is 4.79 Å². The van der Waals surface area contributed by atoms with E-state index in [0.29, 0.717) is 34.9 Å². The maximum Gasteiger partial charge on any atom is 0.255 e. The number of nitrogens with one attached hydrogen (secondary N) is 2. The smallest absolute Gasteiger partial charge is 0.255 e. The fourth-order valence-electron chi connectivity index (χ4n) is 6.56. The van der Waals surface area contributed by atoms with Gasteiger partial charge in [0, 0.05) is 11.3 Å². The maximum absolute atomic E-state index is 13.1. The fourth-order valence-corrected chi connectivity index (χ4v) is 6.56. The van der Waals surface area contributed by atoms with Crippen molar-refractivity contribution >= 4 is 17.3 Å². The monoisotopic (exact) mass is 424 g/mol. The van der Waals surface area contributed by atoms with Crippen LogP contribution in [0.5, 0.6) is 5.75 Å². The maximum atomic E-state index is 13.1. The van der Waals surface area contributed by atoms with Crippen LogP contribution in [0.1, 0.15) is 52.7 Å². The van der Waals surface area contributed by atoms with E-state index in [4.69, 9.17) is 4.74 Å². The molecule has 0 unspecified atom stereocenters. The molecule has 2 saturated carbocycles. The second kappa shape index (κ2) is 7.70. The average Bonchev–Trinajstić information content (AvgIpc) is 3.47. The van der Waals surface area contributed by atoms with Crippen molar-refractivity contribution in [3.8, 4) is 5.75 Å². The lowest BCUT2D eigenvalue weighted by molar-refractivity contribution is 0.102. The van der Waals surface area contributed by atoms with E-state index in [2.05, 4.69) is 53.1 Å². The molecule has 1 amide bonds.